The van der Waals surface area contributed by atoms with Crippen LogP contribution < -0.4 is 5.56 Å². The number of alkyl halides is 2. The molecule has 0 aliphatic carbocycles. The maximum atomic E-state index is 12.9. The van der Waals surface area contributed by atoms with Crippen molar-refractivity contribution >= 4 is 5.91 Å². The Morgan fingerprint density at radius 1 is 1.24 bits per heavy atom. The summed E-state index contributed by atoms with van der Waals surface area (Å²) in [5.41, 5.74) is -0.180. The zero-order chi connectivity index (χ0) is 18.0. The molecule has 0 aromatic carbocycles. The predicted molar refractivity (Wildman–Crippen MR) is 86.3 cm³/mol. The van der Waals surface area contributed by atoms with Gasteiger partial charge in [-0.05, 0) is 12.1 Å². The van der Waals surface area contributed by atoms with Gasteiger partial charge in [-0.3, -0.25) is 19.1 Å². The second-order valence-corrected chi connectivity index (χ2v) is 5.93. The third kappa shape index (κ3) is 3.60. The van der Waals surface area contributed by atoms with Crippen LogP contribution in [-0.2, 0) is 13.6 Å². The molecular weight excluding hydrogens is 332 g/mol. The fourth-order valence-electron chi connectivity index (χ4n) is 2.88. The highest BCUT2D eigenvalue weighted by Crippen LogP contribution is 2.15. The minimum absolute atomic E-state index is 0.145. The number of amides is 1. The third-order valence-electron chi connectivity index (χ3n) is 4.34. The summed E-state index contributed by atoms with van der Waals surface area (Å²) in [5.74, 6) is 0.00151. The highest BCUT2D eigenvalue weighted by Gasteiger charge is 2.25. The van der Waals surface area contributed by atoms with Crippen LogP contribution in [0, 0.1) is 0 Å². The van der Waals surface area contributed by atoms with Crippen LogP contribution in [0.25, 0.3) is 0 Å². The lowest BCUT2D eigenvalue weighted by molar-refractivity contribution is 0.0554. The first-order chi connectivity index (χ1) is 12.0. The Bertz CT molecular complexity index is 809. The molecule has 0 bridgehead atoms. The number of hydrogen-bond donors (Lipinski definition) is 0. The highest BCUT2D eigenvalue weighted by molar-refractivity contribution is 5.93. The van der Waals surface area contributed by atoms with Crippen LogP contribution >= 0.6 is 0 Å². The summed E-state index contributed by atoms with van der Waals surface area (Å²) < 4.78 is 27.9. The van der Waals surface area contributed by atoms with E-state index >= 15 is 0 Å². The van der Waals surface area contributed by atoms with Crippen LogP contribution in [0.5, 0.6) is 0 Å². The van der Waals surface area contributed by atoms with Gasteiger partial charge >= 0.3 is 6.55 Å². The van der Waals surface area contributed by atoms with Crippen molar-refractivity contribution < 1.29 is 13.6 Å². The standard InChI is InChI=1S/C16H19F2N5O2/c1-20-5-2-3-12(14(20)24)15(25)22-9-7-21(8-10-22)11-13-19-4-6-23(13)16(17)18/h2-6,16H,7-11H2,1H3. The first kappa shape index (κ1) is 17.3. The summed E-state index contributed by atoms with van der Waals surface area (Å²) in [5, 5.41) is 0. The van der Waals surface area contributed by atoms with Gasteiger partial charge in [-0.25, -0.2) is 4.98 Å². The lowest BCUT2D eigenvalue weighted by Gasteiger charge is -2.34. The Morgan fingerprint density at radius 3 is 2.64 bits per heavy atom. The molecule has 3 rings (SSSR count). The molecule has 134 valence electrons. The van der Waals surface area contributed by atoms with Gasteiger partial charge < -0.3 is 9.47 Å². The van der Waals surface area contributed by atoms with Crippen molar-refractivity contribution in [2.45, 2.75) is 13.1 Å². The van der Waals surface area contributed by atoms with Crippen LogP contribution in [0.15, 0.2) is 35.5 Å². The largest absolute Gasteiger partial charge is 0.336 e. The molecule has 9 heteroatoms. The number of rotatable bonds is 4. The smallest absolute Gasteiger partial charge is 0.319 e. The maximum Gasteiger partial charge on any atom is 0.319 e. The number of carbonyl (C=O) groups excluding carboxylic acids is 1. The van der Waals surface area contributed by atoms with Gasteiger partial charge in [-0.15, -0.1) is 0 Å². The molecule has 3 heterocycles. The van der Waals surface area contributed by atoms with Crippen LogP contribution in [0.3, 0.4) is 0 Å². The molecule has 7 nitrogen and oxygen atoms in total. The summed E-state index contributed by atoms with van der Waals surface area (Å²) in [6.45, 7) is -0.371. The zero-order valence-corrected chi connectivity index (χ0v) is 13.8. The summed E-state index contributed by atoms with van der Waals surface area (Å²) in [6, 6.07) is 3.19. The average molecular weight is 351 g/mol. The van der Waals surface area contributed by atoms with Gasteiger partial charge in [0.1, 0.15) is 11.4 Å². The molecule has 1 aliphatic rings. The molecule has 0 N–H and O–H groups in total. The number of pyridine rings is 1. The number of carbonyl (C=O) groups is 1. The van der Waals surface area contributed by atoms with Gasteiger partial charge in [0.25, 0.3) is 11.5 Å². The predicted octanol–water partition coefficient (Wildman–Crippen LogP) is 0.935. The molecule has 1 saturated heterocycles. The van der Waals surface area contributed by atoms with Crippen LogP contribution in [-0.4, -0.2) is 56.0 Å². The van der Waals surface area contributed by atoms with E-state index in [1.165, 1.54) is 23.0 Å². The quantitative estimate of drug-likeness (QED) is 0.822. The minimum Gasteiger partial charge on any atom is -0.336 e. The Kier molecular flexibility index (Phi) is 4.93. The summed E-state index contributed by atoms with van der Waals surface area (Å²) in [7, 11) is 1.60. The van der Waals surface area contributed by atoms with E-state index in [2.05, 4.69) is 4.98 Å². The molecule has 0 spiro atoms. The van der Waals surface area contributed by atoms with Crippen molar-refractivity contribution in [2.24, 2.45) is 7.05 Å². The Morgan fingerprint density at radius 2 is 1.96 bits per heavy atom. The molecule has 0 radical (unpaired) electrons. The van der Waals surface area contributed by atoms with Crippen LogP contribution in [0.2, 0.25) is 0 Å². The van der Waals surface area contributed by atoms with E-state index in [9.17, 15) is 18.4 Å². The number of imidazole rings is 1. The second-order valence-electron chi connectivity index (χ2n) is 5.93. The monoisotopic (exact) mass is 351 g/mol. The lowest BCUT2D eigenvalue weighted by Crippen LogP contribution is -2.49. The molecule has 2 aromatic rings. The molecule has 2 aromatic heterocycles. The normalized spacial score (nSPS) is 15.8. The Balaban J connectivity index is 1.62. The number of hydrogen-bond acceptors (Lipinski definition) is 4. The topological polar surface area (TPSA) is 63.4 Å². The van der Waals surface area contributed by atoms with E-state index in [1.54, 1.807) is 24.2 Å². The SMILES string of the molecule is Cn1cccc(C(=O)N2CCN(Cc3nccn3C(F)F)CC2)c1=O. The lowest BCUT2D eigenvalue weighted by atomic mass is 10.2. The van der Waals surface area contributed by atoms with Crippen LogP contribution in [0.1, 0.15) is 22.7 Å². The number of aryl methyl sites for hydroxylation is 1. The molecular formula is C16H19F2N5O2. The number of nitrogens with zero attached hydrogens (tertiary/aromatic N) is 5. The zero-order valence-electron chi connectivity index (χ0n) is 13.8. The van der Waals surface area contributed by atoms with Crippen molar-refractivity contribution in [3.8, 4) is 0 Å². The van der Waals surface area contributed by atoms with E-state index in [0.29, 0.717) is 38.5 Å². The molecule has 0 atom stereocenters. The molecule has 1 amide bonds. The van der Waals surface area contributed by atoms with E-state index in [1.807, 2.05) is 4.90 Å². The summed E-state index contributed by atoms with van der Waals surface area (Å²) in [4.78, 5) is 32.1. The van der Waals surface area contributed by atoms with Gasteiger partial charge in [-0.1, -0.05) is 0 Å². The number of piperazine rings is 1. The maximum absolute atomic E-state index is 12.9. The fraction of sp³-hybridized carbons (Fsp3) is 0.438. The number of halogens is 2. The van der Waals surface area contributed by atoms with Gasteiger partial charge in [0, 0.05) is 51.8 Å². The van der Waals surface area contributed by atoms with Gasteiger partial charge in [-0.2, -0.15) is 8.78 Å². The fourth-order valence-corrected chi connectivity index (χ4v) is 2.88. The average Bonchev–Trinajstić information content (AvgIpc) is 3.06. The first-order valence-corrected chi connectivity index (χ1v) is 7.94. The summed E-state index contributed by atoms with van der Waals surface area (Å²) in [6.07, 6.45) is 4.21. The highest BCUT2D eigenvalue weighted by atomic mass is 19.3. The Labute approximate surface area is 143 Å². The summed E-state index contributed by atoms with van der Waals surface area (Å²) >= 11 is 0. The van der Waals surface area contributed by atoms with Crippen LogP contribution in [0.4, 0.5) is 8.78 Å². The van der Waals surface area contributed by atoms with Gasteiger partial charge in [0.15, 0.2) is 0 Å². The molecule has 0 unspecified atom stereocenters. The van der Waals surface area contributed by atoms with Gasteiger partial charge in [0.2, 0.25) is 0 Å². The molecule has 1 fully saturated rings. The van der Waals surface area contributed by atoms with Crippen molar-refractivity contribution in [2.75, 3.05) is 26.2 Å². The third-order valence-corrected chi connectivity index (χ3v) is 4.34. The van der Waals surface area contributed by atoms with E-state index in [0.717, 1.165) is 4.57 Å². The molecule has 1 aliphatic heterocycles. The van der Waals surface area contributed by atoms with E-state index < -0.39 is 6.55 Å². The van der Waals surface area contributed by atoms with Crippen molar-refractivity contribution in [3.63, 3.8) is 0 Å². The minimum atomic E-state index is -2.62. The van der Waals surface area contributed by atoms with Crippen molar-refractivity contribution in [1.29, 1.82) is 0 Å². The second kappa shape index (κ2) is 7.14. The Hall–Kier alpha value is -2.55. The van der Waals surface area contributed by atoms with E-state index in [-0.39, 0.29) is 17.0 Å². The molecule has 25 heavy (non-hydrogen) atoms. The van der Waals surface area contributed by atoms with E-state index in [4.69, 9.17) is 0 Å². The van der Waals surface area contributed by atoms with Crippen molar-refractivity contribution in [3.05, 3.63) is 52.5 Å². The number of aromatic nitrogens is 3. The van der Waals surface area contributed by atoms with Gasteiger partial charge in [0.05, 0.1) is 6.54 Å². The first-order valence-electron chi connectivity index (χ1n) is 7.94. The van der Waals surface area contributed by atoms with Crippen molar-refractivity contribution in [1.82, 2.24) is 23.9 Å². The molecule has 0 saturated carbocycles.